The molecule has 0 aliphatic heterocycles. The molecular weight excluding hydrogens is 280 g/mol. The summed E-state index contributed by atoms with van der Waals surface area (Å²) in [7, 11) is -1.72. The van der Waals surface area contributed by atoms with Crippen molar-refractivity contribution in [2.75, 3.05) is 13.6 Å². The van der Waals surface area contributed by atoms with E-state index in [1.165, 1.54) is 17.1 Å². The zero-order chi connectivity index (χ0) is 11.6. The minimum atomic E-state index is -3.31. The lowest BCUT2D eigenvalue weighted by atomic mass is 10.3. The maximum Gasteiger partial charge on any atom is 0.279 e. The van der Waals surface area contributed by atoms with Crippen LogP contribution >= 0.6 is 15.9 Å². The standard InChI is InChI=1S/C9H19BrN2O2S/c1-7(2)12(3)15(13,14)11-6-9(10)8-4-5-8/h7-9,11H,4-6H2,1-3H3. The maximum absolute atomic E-state index is 11.7. The molecule has 0 amide bonds. The summed E-state index contributed by atoms with van der Waals surface area (Å²) in [6, 6.07) is -0.0165. The molecule has 0 saturated heterocycles. The summed E-state index contributed by atoms with van der Waals surface area (Å²) in [6.45, 7) is 4.18. The largest absolute Gasteiger partial charge is 0.279 e. The van der Waals surface area contributed by atoms with E-state index in [1.807, 2.05) is 13.8 Å². The molecule has 1 unspecified atom stereocenters. The second kappa shape index (κ2) is 5.12. The van der Waals surface area contributed by atoms with Crippen LogP contribution < -0.4 is 4.72 Å². The second-order valence-electron chi connectivity index (χ2n) is 4.32. The normalized spacial score (nSPS) is 19.9. The molecule has 0 aromatic rings. The number of nitrogens with one attached hydrogen (secondary N) is 1. The van der Waals surface area contributed by atoms with Crippen LogP contribution in [0.2, 0.25) is 0 Å². The third-order valence-corrected chi connectivity index (χ3v) is 5.48. The van der Waals surface area contributed by atoms with Crippen molar-refractivity contribution in [3.8, 4) is 0 Å². The first kappa shape index (κ1) is 13.4. The predicted octanol–water partition coefficient (Wildman–Crippen LogP) is 1.33. The van der Waals surface area contributed by atoms with Crippen molar-refractivity contribution in [1.29, 1.82) is 0 Å². The van der Waals surface area contributed by atoms with E-state index in [1.54, 1.807) is 7.05 Å². The summed E-state index contributed by atoms with van der Waals surface area (Å²) in [6.07, 6.45) is 2.41. The van der Waals surface area contributed by atoms with Gasteiger partial charge in [0.2, 0.25) is 0 Å². The Morgan fingerprint density at radius 1 is 1.47 bits per heavy atom. The second-order valence-corrected chi connectivity index (χ2v) is 7.31. The molecule has 1 aliphatic rings. The molecule has 0 spiro atoms. The van der Waals surface area contributed by atoms with Crippen LogP contribution in [0.1, 0.15) is 26.7 Å². The van der Waals surface area contributed by atoms with Crippen LogP contribution in [0.5, 0.6) is 0 Å². The average Bonchev–Trinajstić information content (AvgIpc) is 2.96. The van der Waals surface area contributed by atoms with Gasteiger partial charge in [0.05, 0.1) is 0 Å². The molecule has 6 heteroatoms. The smallest absolute Gasteiger partial charge is 0.201 e. The molecule has 15 heavy (non-hydrogen) atoms. The molecule has 0 aromatic heterocycles. The minimum absolute atomic E-state index is 0.0165. The lowest BCUT2D eigenvalue weighted by Gasteiger charge is -2.22. The highest BCUT2D eigenvalue weighted by atomic mass is 79.9. The van der Waals surface area contributed by atoms with E-state index < -0.39 is 10.2 Å². The van der Waals surface area contributed by atoms with Gasteiger partial charge in [0.15, 0.2) is 0 Å². The first-order chi connectivity index (χ1) is 6.84. The summed E-state index contributed by atoms with van der Waals surface area (Å²) >= 11 is 3.50. The molecule has 1 rings (SSSR count). The molecule has 1 atom stereocenters. The van der Waals surface area contributed by atoms with E-state index in [2.05, 4.69) is 20.7 Å². The number of hydrogen-bond acceptors (Lipinski definition) is 2. The number of halogens is 1. The van der Waals surface area contributed by atoms with Gasteiger partial charge in [-0.05, 0) is 32.6 Å². The van der Waals surface area contributed by atoms with Crippen LogP contribution in [0, 0.1) is 5.92 Å². The Balaban J connectivity index is 2.41. The average molecular weight is 299 g/mol. The lowest BCUT2D eigenvalue weighted by molar-refractivity contribution is 0.402. The fraction of sp³-hybridized carbons (Fsp3) is 1.00. The third-order valence-electron chi connectivity index (χ3n) is 2.70. The van der Waals surface area contributed by atoms with Gasteiger partial charge < -0.3 is 0 Å². The van der Waals surface area contributed by atoms with E-state index in [-0.39, 0.29) is 10.9 Å². The molecule has 4 nitrogen and oxygen atoms in total. The van der Waals surface area contributed by atoms with Crippen LogP contribution in [0.3, 0.4) is 0 Å². The summed E-state index contributed by atoms with van der Waals surface area (Å²) in [4.78, 5) is 0.271. The third kappa shape index (κ3) is 4.01. The molecule has 0 radical (unpaired) electrons. The van der Waals surface area contributed by atoms with Gasteiger partial charge in [0.25, 0.3) is 10.2 Å². The molecule has 90 valence electrons. The van der Waals surface area contributed by atoms with Crippen molar-refractivity contribution < 1.29 is 8.42 Å². The van der Waals surface area contributed by atoms with Gasteiger partial charge in [-0.1, -0.05) is 15.9 Å². The van der Waals surface area contributed by atoms with Gasteiger partial charge in [0, 0.05) is 24.5 Å². The maximum atomic E-state index is 11.7. The minimum Gasteiger partial charge on any atom is -0.201 e. The molecular formula is C9H19BrN2O2S. The highest BCUT2D eigenvalue weighted by molar-refractivity contribution is 9.09. The van der Waals surface area contributed by atoms with Gasteiger partial charge in [-0.15, -0.1) is 0 Å². The Morgan fingerprint density at radius 2 is 2.00 bits per heavy atom. The Hall–Kier alpha value is 0.350. The van der Waals surface area contributed by atoms with Gasteiger partial charge in [0.1, 0.15) is 0 Å². The van der Waals surface area contributed by atoms with E-state index in [0.29, 0.717) is 12.5 Å². The van der Waals surface area contributed by atoms with Gasteiger partial charge in [-0.25, -0.2) is 4.72 Å². The van der Waals surface area contributed by atoms with Crippen LogP contribution in [-0.2, 0) is 10.2 Å². The van der Waals surface area contributed by atoms with Crippen molar-refractivity contribution in [2.45, 2.75) is 37.6 Å². The predicted molar refractivity (Wildman–Crippen MR) is 65.3 cm³/mol. The quantitative estimate of drug-likeness (QED) is 0.752. The zero-order valence-corrected chi connectivity index (χ0v) is 11.8. The molecule has 1 saturated carbocycles. The zero-order valence-electron chi connectivity index (χ0n) is 9.40. The van der Waals surface area contributed by atoms with Gasteiger partial charge >= 0.3 is 0 Å². The monoisotopic (exact) mass is 298 g/mol. The molecule has 1 fully saturated rings. The highest BCUT2D eigenvalue weighted by Gasteiger charge is 2.30. The summed E-state index contributed by atoms with van der Waals surface area (Å²) in [5.74, 6) is 0.650. The first-order valence-electron chi connectivity index (χ1n) is 5.21. The fourth-order valence-electron chi connectivity index (χ4n) is 1.19. The molecule has 1 N–H and O–H groups in total. The molecule has 1 aliphatic carbocycles. The highest BCUT2D eigenvalue weighted by Crippen LogP contribution is 2.36. The van der Waals surface area contributed by atoms with Crippen LogP contribution in [0.15, 0.2) is 0 Å². The SMILES string of the molecule is CC(C)N(C)S(=O)(=O)NCC(Br)C1CC1. The number of nitrogens with zero attached hydrogens (tertiary/aromatic N) is 1. The first-order valence-corrected chi connectivity index (χ1v) is 7.57. The number of alkyl halides is 1. The van der Waals surface area contributed by atoms with Crippen LogP contribution in [-0.4, -0.2) is 37.2 Å². The summed E-state index contributed by atoms with van der Waals surface area (Å²) in [5.41, 5.74) is 0. The van der Waals surface area contributed by atoms with E-state index in [4.69, 9.17) is 0 Å². The van der Waals surface area contributed by atoms with Gasteiger partial charge in [-0.2, -0.15) is 12.7 Å². The Bertz CT molecular complexity index is 301. The van der Waals surface area contributed by atoms with E-state index in [9.17, 15) is 8.42 Å². The van der Waals surface area contributed by atoms with Crippen molar-refractivity contribution in [3.05, 3.63) is 0 Å². The lowest BCUT2D eigenvalue weighted by Crippen LogP contribution is -2.43. The van der Waals surface area contributed by atoms with Crippen LogP contribution in [0.4, 0.5) is 0 Å². The molecule has 0 aromatic carbocycles. The van der Waals surface area contributed by atoms with Crippen molar-refractivity contribution in [1.82, 2.24) is 9.03 Å². The number of hydrogen-bond donors (Lipinski definition) is 1. The van der Waals surface area contributed by atoms with E-state index in [0.717, 1.165) is 0 Å². The van der Waals surface area contributed by atoms with Gasteiger partial charge in [-0.3, -0.25) is 0 Å². The Morgan fingerprint density at radius 3 is 2.40 bits per heavy atom. The van der Waals surface area contributed by atoms with Crippen molar-refractivity contribution in [3.63, 3.8) is 0 Å². The topological polar surface area (TPSA) is 49.4 Å². The van der Waals surface area contributed by atoms with E-state index >= 15 is 0 Å². The Labute approximate surface area is 101 Å². The Kier molecular flexibility index (Phi) is 4.58. The van der Waals surface area contributed by atoms with Crippen molar-refractivity contribution in [2.24, 2.45) is 5.92 Å². The summed E-state index contributed by atoms with van der Waals surface area (Å²) in [5, 5.41) is 0. The fourth-order valence-corrected chi connectivity index (χ4v) is 3.24. The molecule has 0 heterocycles. The van der Waals surface area contributed by atoms with Crippen molar-refractivity contribution >= 4 is 26.1 Å². The summed E-state index contributed by atoms with van der Waals surface area (Å²) < 4.78 is 27.4. The van der Waals surface area contributed by atoms with Crippen LogP contribution in [0.25, 0.3) is 0 Å². The molecule has 0 bridgehead atoms. The number of rotatable bonds is 6.